The SMILES string of the molecule is O=C(Nc1ccccn1)c1ccc(C#CCO)cn1. The van der Waals surface area contributed by atoms with E-state index in [1.807, 2.05) is 0 Å². The van der Waals surface area contributed by atoms with Crippen molar-refractivity contribution in [2.75, 3.05) is 11.9 Å². The van der Waals surface area contributed by atoms with Gasteiger partial charge in [-0.15, -0.1) is 0 Å². The highest BCUT2D eigenvalue weighted by molar-refractivity contribution is 6.02. The van der Waals surface area contributed by atoms with Gasteiger partial charge in [0.15, 0.2) is 0 Å². The van der Waals surface area contributed by atoms with Crippen LogP contribution in [0.3, 0.4) is 0 Å². The molecule has 5 nitrogen and oxygen atoms in total. The molecule has 0 atom stereocenters. The van der Waals surface area contributed by atoms with Gasteiger partial charge in [0.05, 0.1) is 0 Å². The van der Waals surface area contributed by atoms with Crippen molar-refractivity contribution in [3.63, 3.8) is 0 Å². The number of carbonyl (C=O) groups excluding carboxylic acids is 1. The van der Waals surface area contributed by atoms with Crippen molar-refractivity contribution in [3.8, 4) is 11.8 Å². The highest BCUT2D eigenvalue weighted by Gasteiger charge is 2.07. The summed E-state index contributed by atoms with van der Waals surface area (Å²) in [4.78, 5) is 19.8. The van der Waals surface area contributed by atoms with Crippen LogP contribution < -0.4 is 5.32 Å². The van der Waals surface area contributed by atoms with Crippen LogP contribution in [-0.2, 0) is 0 Å². The fraction of sp³-hybridized carbons (Fsp3) is 0.0714. The second-order valence-corrected chi connectivity index (χ2v) is 3.56. The van der Waals surface area contributed by atoms with Gasteiger partial charge in [-0.1, -0.05) is 17.9 Å². The standard InChI is InChI=1S/C14H11N3O2/c18-9-3-4-11-6-7-12(16-10-11)14(19)17-13-5-1-2-8-15-13/h1-2,5-8,10,18H,9H2,(H,15,17,19). The summed E-state index contributed by atoms with van der Waals surface area (Å²) in [5, 5.41) is 11.2. The van der Waals surface area contributed by atoms with Gasteiger partial charge >= 0.3 is 0 Å². The molecule has 2 heterocycles. The number of pyridine rings is 2. The van der Waals surface area contributed by atoms with E-state index in [1.165, 1.54) is 6.20 Å². The van der Waals surface area contributed by atoms with Crippen LogP contribution in [0, 0.1) is 11.8 Å². The Bertz CT molecular complexity index is 613. The van der Waals surface area contributed by atoms with E-state index < -0.39 is 0 Å². The van der Waals surface area contributed by atoms with Gasteiger partial charge < -0.3 is 10.4 Å². The number of rotatable bonds is 2. The number of nitrogens with zero attached hydrogens (tertiary/aromatic N) is 2. The van der Waals surface area contributed by atoms with Crippen molar-refractivity contribution >= 4 is 11.7 Å². The quantitative estimate of drug-likeness (QED) is 0.785. The first-order valence-corrected chi connectivity index (χ1v) is 5.58. The third-order valence-electron chi connectivity index (χ3n) is 2.21. The maximum atomic E-state index is 11.8. The van der Waals surface area contributed by atoms with Gasteiger partial charge in [0.2, 0.25) is 0 Å². The Balaban J connectivity index is 2.08. The molecule has 0 saturated carbocycles. The lowest BCUT2D eigenvalue weighted by atomic mass is 10.2. The van der Waals surface area contributed by atoms with Gasteiger partial charge in [0.25, 0.3) is 5.91 Å². The molecule has 5 heteroatoms. The number of hydrogen-bond acceptors (Lipinski definition) is 4. The summed E-state index contributed by atoms with van der Waals surface area (Å²) in [5.74, 6) is 5.35. The molecule has 0 radical (unpaired) electrons. The number of nitrogens with one attached hydrogen (secondary N) is 1. The molecule has 1 amide bonds. The minimum Gasteiger partial charge on any atom is -0.384 e. The Kier molecular flexibility index (Phi) is 4.21. The minimum absolute atomic E-state index is 0.206. The third-order valence-corrected chi connectivity index (χ3v) is 2.21. The summed E-state index contributed by atoms with van der Waals surface area (Å²) in [5.41, 5.74) is 0.920. The van der Waals surface area contributed by atoms with Crippen LogP contribution in [0.25, 0.3) is 0 Å². The average molecular weight is 253 g/mol. The predicted octanol–water partition coefficient (Wildman–Crippen LogP) is 1.07. The zero-order chi connectivity index (χ0) is 13.5. The second kappa shape index (κ2) is 6.28. The molecule has 0 fully saturated rings. The Morgan fingerprint density at radius 3 is 2.79 bits per heavy atom. The van der Waals surface area contributed by atoms with Crippen molar-refractivity contribution in [2.45, 2.75) is 0 Å². The lowest BCUT2D eigenvalue weighted by Crippen LogP contribution is -2.14. The first kappa shape index (κ1) is 12.7. The van der Waals surface area contributed by atoms with Crippen molar-refractivity contribution in [1.29, 1.82) is 0 Å². The lowest BCUT2D eigenvalue weighted by molar-refractivity contribution is 0.102. The number of amides is 1. The molecule has 0 spiro atoms. The maximum Gasteiger partial charge on any atom is 0.275 e. The average Bonchev–Trinajstić information content (AvgIpc) is 2.46. The van der Waals surface area contributed by atoms with E-state index in [-0.39, 0.29) is 18.2 Å². The summed E-state index contributed by atoms with van der Waals surface area (Å²) < 4.78 is 0. The summed E-state index contributed by atoms with van der Waals surface area (Å²) in [7, 11) is 0. The van der Waals surface area contributed by atoms with Gasteiger partial charge in [-0.2, -0.15) is 0 Å². The van der Waals surface area contributed by atoms with E-state index in [4.69, 9.17) is 5.11 Å². The van der Waals surface area contributed by atoms with Crippen LogP contribution in [0.5, 0.6) is 0 Å². The highest BCUT2D eigenvalue weighted by atomic mass is 16.2. The van der Waals surface area contributed by atoms with E-state index in [0.29, 0.717) is 11.4 Å². The molecule has 2 N–H and O–H groups in total. The van der Waals surface area contributed by atoms with E-state index in [9.17, 15) is 4.79 Å². The maximum absolute atomic E-state index is 11.8. The number of aliphatic hydroxyl groups is 1. The molecule has 0 bridgehead atoms. The molecular formula is C14H11N3O2. The van der Waals surface area contributed by atoms with Crippen LogP contribution in [0.4, 0.5) is 5.82 Å². The van der Waals surface area contributed by atoms with Gasteiger partial charge in [0, 0.05) is 18.0 Å². The monoisotopic (exact) mass is 253 g/mol. The molecule has 0 saturated heterocycles. The molecule has 19 heavy (non-hydrogen) atoms. The van der Waals surface area contributed by atoms with Crippen LogP contribution in [-0.4, -0.2) is 27.6 Å². The smallest absolute Gasteiger partial charge is 0.275 e. The zero-order valence-corrected chi connectivity index (χ0v) is 10.00. The van der Waals surface area contributed by atoms with Gasteiger partial charge in [-0.05, 0) is 24.3 Å². The van der Waals surface area contributed by atoms with Gasteiger partial charge in [-0.25, -0.2) is 9.97 Å². The van der Waals surface area contributed by atoms with E-state index in [0.717, 1.165) is 0 Å². The van der Waals surface area contributed by atoms with E-state index >= 15 is 0 Å². The number of anilines is 1. The molecule has 2 aromatic heterocycles. The number of hydrogen-bond donors (Lipinski definition) is 2. The molecule has 0 aromatic carbocycles. The van der Waals surface area contributed by atoms with Crippen molar-refractivity contribution in [1.82, 2.24) is 9.97 Å². The second-order valence-electron chi connectivity index (χ2n) is 3.56. The number of aliphatic hydroxyl groups excluding tert-OH is 1. The van der Waals surface area contributed by atoms with Crippen molar-refractivity contribution in [2.24, 2.45) is 0 Å². The number of carbonyl (C=O) groups is 1. The Morgan fingerprint density at radius 2 is 2.16 bits per heavy atom. The largest absolute Gasteiger partial charge is 0.384 e. The summed E-state index contributed by atoms with van der Waals surface area (Å²) in [6.07, 6.45) is 3.08. The molecule has 94 valence electrons. The summed E-state index contributed by atoms with van der Waals surface area (Å²) in [6, 6.07) is 8.48. The fourth-order valence-electron chi connectivity index (χ4n) is 1.36. The molecule has 0 aliphatic carbocycles. The Morgan fingerprint density at radius 1 is 1.26 bits per heavy atom. The van der Waals surface area contributed by atoms with E-state index in [2.05, 4.69) is 27.1 Å². The molecular weight excluding hydrogens is 242 g/mol. The zero-order valence-electron chi connectivity index (χ0n) is 10.00. The molecule has 0 unspecified atom stereocenters. The molecule has 0 aliphatic rings. The third kappa shape index (κ3) is 3.63. The van der Waals surface area contributed by atoms with Crippen LogP contribution in [0.1, 0.15) is 16.1 Å². The van der Waals surface area contributed by atoms with Crippen LogP contribution >= 0.6 is 0 Å². The topological polar surface area (TPSA) is 75.1 Å². The van der Waals surface area contributed by atoms with Crippen LogP contribution in [0.15, 0.2) is 42.7 Å². The fourth-order valence-corrected chi connectivity index (χ4v) is 1.36. The molecule has 2 aromatic rings. The summed E-state index contributed by atoms with van der Waals surface area (Å²) in [6.45, 7) is -0.206. The summed E-state index contributed by atoms with van der Waals surface area (Å²) >= 11 is 0. The minimum atomic E-state index is -0.333. The first-order chi connectivity index (χ1) is 9.29. The molecule has 2 rings (SSSR count). The van der Waals surface area contributed by atoms with Crippen molar-refractivity contribution < 1.29 is 9.90 Å². The van der Waals surface area contributed by atoms with Crippen LogP contribution in [0.2, 0.25) is 0 Å². The Labute approximate surface area is 110 Å². The molecule has 0 aliphatic heterocycles. The lowest BCUT2D eigenvalue weighted by Gasteiger charge is -2.03. The first-order valence-electron chi connectivity index (χ1n) is 5.58. The highest BCUT2D eigenvalue weighted by Crippen LogP contribution is 2.04. The van der Waals surface area contributed by atoms with Crippen molar-refractivity contribution in [3.05, 3.63) is 54.0 Å². The van der Waals surface area contributed by atoms with Gasteiger partial charge in [0.1, 0.15) is 18.1 Å². The number of aromatic nitrogens is 2. The van der Waals surface area contributed by atoms with E-state index in [1.54, 1.807) is 36.5 Å². The normalized spacial score (nSPS) is 9.32. The van der Waals surface area contributed by atoms with Gasteiger partial charge in [-0.3, -0.25) is 4.79 Å². The predicted molar refractivity (Wildman–Crippen MR) is 70.4 cm³/mol. The Hall–Kier alpha value is -2.71.